The minimum Gasteiger partial charge on any atom is -0.493 e. The maximum Gasteiger partial charge on any atom is 0.162 e. The minimum absolute atomic E-state index is 0.502. The molecule has 0 amide bonds. The summed E-state index contributed by atoms with van der Waals surface area (Å²) in [7, 11) is 1.57. The Labute approximate surface area is 83.8 Å². The van der Waals surface area contributed by atoms with Crippen molar-refractivity contribution in [1.82, 2.24) is 9.78 Å². The Morgan fingerprint density at radius 3 is 3.00 bits per heavy atom. The number of aryl methyl sites for hydroxylation is 1. The van der Waals surface area contributed by atoms with Gasteiger partial charge in [-0.2, -0.15) is 5.10 Å². The number of hydrogen-bond acceptors (Lipinski definition) is 3. The molecule has 4 nitrogen and oxygen atoms in total. The summed E-state index contributed by atoms with van der Waals surface area (Å²) in [6, 6.07) is 0. The Morgan fingerprint density at radius 1 is 1.79 bits per heavy atom. The van der Waals surface area contributed by atoms with E-state index in [4.69, 9.17) is 4.74 Å². The maximum atomic E-state index is 9.82. The van der Waals surface area contributed by atoms with Gasteiger partial charge in [-0.15, -0.1) is 6.58 Å². The molecule has 1 aromatic heterocycles. The number of ether oxygens (including phenoxy) is 1. The molecule has 0 saturated heterocycles. The first-order chi connectivity index (χ1) is 6.74. The van der Waals surface area contributed by atoms with Gasteiger partial charge in [0.1, 0.15) is 11.8 Å². The number of methoxy groups -OCH3 is 1. The van der Waals surface area contributed by atoms with Gasteiger partial charge in [-0.25, -0.2) is 0 Å². The highest BCUT2D eigenvalue weighted by atomic mass is 16.5. The highest BCUT2D eigenvalue weighted by molar-refractivity contribution is 5.27. The van der Waals surface area contributed by atoms with Gasteiger partial charge in [-0.05, 0) is 13.3 Å². The Balaban J connectivity index is 3.00. The molecule has 1 aromatic rings. The summed E-state index contributed by atoms with van der Waals surface area (Å²) in [6.45, 7) is 6.28. The van der Waals surface area contributed by atoms with E-state index in [0.29, 0.717) is 18.7 Å². The van der Waals surface area contributed by atoms with Gasteiger partial charge in [0.25, 0.3) is 0 Å². The maximum absolute atomic E-state index is 9.82. The van der Waals surface area contributed by atoms with Gasteiger partial charge in [0, 0.05) is 6.54 Å². The molecule has 0 aliphatic rings. The van der Waals surface area contributed by atoms with Crippen LogP contribution >= 0.6 is 0 Å². The molecule has 1 N–H and O–H groups in total. The van der Waals surface area contributed by atoms with Crippen LogP contribution in [0.3, 0.4) is 0 Å². The van der Waals surface area contributed by atoms with Crippen molar-refractivity contribution >= 4 is 0 Å². The number of nitrogens with zero attached hydrogens (tertiary/aromatic N) is 2. The normalized spacial score (nSPS) is 12.5. The monoisotopic (exact) mass is 196 g/mol. The average molecular weight is 196 g/mol. The molecule has 0 aliphatic carbocycles. The lowest BCUT2D eigenvalue weighted by molar-refractivity contribution is 0.165. The van der Waals surface area contributed by atoms with Gasteiger partial charge in [-0.1, -0.05) is 6.08 Å². The van der Waals surface area contributed by atoms with Crippen LogP contribution in [0.25, 0.3) is 0 Å². The fraction of sp³-hybridized carbons (Fsp3) is 0.500. The summed E-state index contributed by atoms with van der Waals surface area (Å²) in [5.74, 6) is 0.626. The van der Waals surface area contributed by atoms with Crippen LogP contribution in [0.4, 0.5) is 0 Å². The summed E-state index contributed by atoms with van der Waals surface area (Å²) in [5.41, 5.74) is 0.718. The van der Waals surface area contributed by atoms with Gasteiger partial charge in [-0.3, -0.25) is 4.68 Å². The van der Waals surface area contributed by atoms with Crippen LogP contribution in [0.15, 0.2) is 18.9 Å². The smallest absolute Gasteiger partial charge is 0.162 e. The fourth-order valence-electron chi connectivity index (χ4n) is 1.39. The Bertz CT molecular complexity index is 286. The highest BCUT2D eigenvalue weighted by Crippen LogP contribution is 2.26. The standard InChI is InChI=1S/C10H16N2O2/c1-4-6-8(13)10-9(14-3)7-11-12(10)5-2/h4,7-8,13H,1,5-6H2,2-3H3. The van der Waals surface area contributed by atoms with Crippen molar-refractivity contribution < 1.29 is 9.84 Å². The van der Waals surface area contributed by atoms with Crippen molar-refractivity contribution in [3.63, 3.8) is 0 Å². The number of rotatable bonds is 5. The summed E-state index contributed by atoms with van der Waals surface area (Å²) >= 11 is 0. The summed E-state index contributed by atoms with van der Waals surface area (Å²) < 4.78 is 6.85. The van der Waals surface area contributed by atoms with Gasteiger partial charge in [0.2, 0.25) is 0 Å². The SMILES string of the molecule is C=CCC(O)c1c(OC)cnn1CC. The van der Waals surface area contributed by atoms with Crippen LogP contribution in [0.2, 0.25) is 0 Å². The van der Waals surface area contributed by atoms with Crippen LogP contribution in [0.5, 0.6) is 5.75 Å². The van der Waals surface area contributed by atoms with Crippen molar-refractivity contribution in [3.8, 4) is 5.75 Å². The summed E-state index contributed by atoms with van der Waals surface area (Å²) in [4.78, 5) is 0. The molecule has 0 aromatic carbocycles. The third kappa shape index (κ3) is 1.96. The van der Waals surface area contributed by atoms with Crippen LogP contribution in [-0.2, 0) is 6.54 Å². The third-order valence-corrected chi connectivity index (χ3v) is 2.07. The van der Waals surface area contributed by atoms with Crippen LogP contribution in [0, 0.1) is 0 Å². The van der Waals surface area contributed by atoms with Gasteiger partial charge < -0.3 is 9.84 Å². The molecule has 0 radical (unpaired) electrons. The van der Waals surface area contributed by atoms with E-state index in [0.717, 1.165) is 5.69 Å². The van der Waals surface area contributed by atoms with Crippen molar-refractivity contribution in [2.45, 2.75) is 26.0 Å². The van der Waals surface area contributed by atoms with Gasteiger partial charge >= 0.3 is 0 Å². The summed E-state index contributed by atoms with van der Waals surface area (Å²) in [5, 5.41) is 13.9. The molecular formula is C10H16N2O2. The predicted octanol–water partition coefficient (Wildman–Crippen LogP) is 1.52. The van der Waals surface area contributed by atoms with E-state index < -0.39 is 6.10 Å². The Kier molecular flexibility index (Phi) is 3.71. The fourth-order valence-corrected chi connectivity index (χ4v) is 1.39. The first-order valence-corrected chi connectivity index (χ1v) is 4.63. The Morgan fingerprint density at radius 2 is 2.50 bits per heavy atom. The molecule has 78 valence electrons. The van der Waals surface area contributed by atoms with E-state index >= 15 is 0 Å². The van der Waals surface area contributed by atoms with Crippen LogP contribution < -0.4 is 4.74 Å². The van der Waals surface area contributed by atoms with Crippen molar-refractivity contribution in [1.29, 1.82) is 0 Å². The zero-order valence-electron chi connectivity index (χ0n) is 8.60. The Hall–Kier alpha value is -1.29. The van der Waals surface area contributed by atoms with E-state index in [9.17, 15) is 5.11 Å². The molecular weight excluding hydrogens is 180 g/mol. The second-order valence-corrected chi connectivity index (χ2v) is 2.95. The lowest BCUT2D eigenvalue weighted by Gasteiger charge is -2.11. The van der Waals surface area contributed by atoms with Gasteiger partial charge in [0.05, 0.1) is 13.3 Å². The number of aliphatic hydroxyl groups excluding tert-OH is 1. The quantitative estimate of drug-likeness (QED) is 0.726. The molecule has 0 aliphatic heterocycles. The molecule has 1 unspecified atom stereocenters. The minimum atomic E-state index is -0.593. The summed E-state index contributed by atoms with van der Waals surface area (Å²) in [6.07, 6.45) is 3.20. The molecule has 0 spiro atoms. The number of hydrogen-bond donors (Lipinski definition) is 1. The van der Waals surface area contributed by atoms with E-state index in [1.54, 1.807) is 24.1 Å². The lowest BCUT2D eigenvalue weighted by Crippen LogP contribution is -2.08. The largest absolute Gasteiger partial charge is 0.493 e. The average Bonchev–Trinajstić information content (AvgIpc) is 2.60. The molecule has 0 saturated carbocycles. The highest BCUT2D eigenvalue weighted by Gasteiger charge is 2.17. The number of aliphatic hydroxyl groups is 1. The zero-order valence-corrected chi connectivity index (χ0v) is 8.60. The van der Waals surface area contributed by atoms with Crippen LogP contribution in [0.1, 0.15) is 25.1 Å². The molecule has 1 rings (SSSR count). The second kappa shape index (κ2) is 4.81. The second-order valence-electron chi connectivity index (χ2n) is 2.95. The molecule has 0 fully saturated rings. The molecule has 14 heavy (non-hydrogen) atoms. The van der Waals surface area contributed by atoms with E-state index in [-0.39, 0.29) is 0 Å². The molecule has 1 atom stereocenters. The topological polar surface area (TPSA) is 47.3 Å². The third-order valence-electron chi connectivity index (χ3n) is 2.07. The number of aromatic nitrogens is 2. The first kappa shape index (κ1) is 10.8. The van der Waals surface area contributed by atoms with Crippen molar-refractivity contribution in [3.05, 3.63) is 24.5 Å². The van der Waals surface area contributed by atoms with E-state index in [1.807, 2.05) is 6.92 Å². The first-order valence-electron chi connectivity index (χ1n) is 4.63. The molecule has 0 bridgehead atoms. The zero-order chi connectivity index (χ0) is 10.6. The van der Waals surface area contributed by atoms with Gasteiger partial charge in [0.15, 0.2) is 5.75 Å². The van der Waals surface area contributed by atoms with Crippen molar-refractivity contribution in [2.24, 2.45) is 0 Å². The van der Waals surface area contributed by atoms with Crippen molar-refractivity contribution in [2.75, 3.05) is 7.11 Å². The molecule has 4 heteroatoms. The molecule has 1 heterocycles. The predicted molar refractivity (Wildman–Crippen MR) is 54.2 cm³/mol. The lowest BCUT2D eigenvalue weighted by atomic mass is 10.2. The van der Waals surface area contributed by atoms with E-state index in [2.05, 4.69) is 11.7 Å². The van der Waals surface area contributed by atoms with Crippen LogP contribution in [-0.4, -0.2) is 22.0 Å². The van der Waals surface area contributed by atoms with E-state index in [1.165, 1.54) is 0 Å².